The highest BCUT2D eigenvalue weighted by atomic mass is 35.5. The quantitative estimate of drug-likeness (QED) is 0.541. The number of hydrogen-bond donors (Lipinski definition) is 2. The second-order valence-corrected chi connectivity index (χ2v) is 7.68. The number of urea groups is 1. The van der Waals surface area contributed by atoms with Crippen LogP contribution in [0.4, 0.5) is 10.5 Å². The number of fused-ring (bicyclic) bond motifs is 1. The predicted octanol–water partition coefficient (Wildman–Crippen LogP) is 5.05. The Kier molecular flexibility index (Phi) is 6.48. The smallest absolute Gasteiger partial charge is 0.319 e. The molecule has 1 heterocycles. The van der Waals surface area contributed by atoms with Crippen LogP contribution in [0.5, 0.6) is 17.2 Å². The number of ether oxygens (including phenoxy) is 3. The molecule has 31 heavy (non-hydrogen) atoms. The molecular formula is C24H23ClN2O4. The van der Waals surface area contributed by atoms with Gasteiger partial charge in [-0.15, -0.1) is 0 Å². The second-order valence-electron chi connectivity index (χ2n) is 7.25. The van der Waals surface area contributed by atoms with Crippen LogP contribution in [-0.4, -0.2) is 26.0 Å². The molecule has 160 valence electrons. The minimum atomic E-state index is -0.276. The van der Waals surface area contributed by atoms with Crippen LogP contribution in [0.1, 0.15) is 11.1 Å². The molecule has 0 aliphatic carbocycles. The van der Waals surface area contributed by atoms with E-state index in [1.807, 2.05) is 42.5 Å². The van der Waals surface area contributed by atoms with Crippen LogP contribution < -0.4 is 24.8 Å². The van der Waals surface area contributed by atoms with Crippen molar-refractivity contribution in [3.8, 4) is 17.2 Å². The predicted molar refractivity (Wildman–Crippen MR) is 120 cm³/mol. The summed E-state index contributed by atoms with van der Waals surface area (Å²) in [5, 5.41) is 6.56. The largest absolute Gasteiger partial charge is 0.497 e. The zero-order chi connectivity index (χ0) is 21.6. The molecule has 0 bridgehead atoms. The highest BCUT2D eigenvalue weighted by Gasteiger charge is 2.18. The average Bonchev–Trinajstić information content (AvgIpc) is 3.24. The number of rotatable bonds is 7. The lowest BCUT2D eigenvalue weighted by atomic mass is 9.98. The van der Waals surface area contributed by atoms with Crippen molar-refractivity contribution in [2.24, 2.45) is 0 Å². The van der Waals surface area contributed by atoms with E-state index in [1.54, 1.807) is 31.4 Å². The van der Waals surface area contributed by atoms with Crippen LogP contribution in [0, 0.1) is 0 Å². The van der Waals surface area contributed by atoms with Crippen molar-refractivity contribution in [1.82, 2.24) is 5.32 Å². The van der Waals surface area contributed by atoms with E-state index < -0.39 is 0 Å². The molecule has 3 aromatic rings. The minimum Gasteiger partial charge on any atom is -0.497 e. The summed E-state index contributed by atoms with van der Waals surface area (Å²) in [6.07, 6.45) is 1.29. The van der Waals surface area contributed by atoms with E-state index in [-0.39, 0.29) is 18.9 Å². The summed E-state index contributed by atoms with van der Waals surface area (Å²) in [5.41, 5.74) is 2.82. The normalized spacial score (nSPS) is 12.8. The SMILES string of the molecule is COc1ccc(CC(Cc2ccc3c(c2)OCO3)NC(=O)Nc2ccc(Cl)cc2)cc1. The number of anilines is 1. The number of hydrogen-bond acceptors (Lipinski definition) is 4. The molecule has 0 saturated carbocycles. The Balaban J connectivity index is 1.48. The highest BCUT2D eigenvalue weighted by molar-refractivity contribution is 6.30. The maximum Gasteiger partial charge on any atom is 0.319 e. The molecule has 1 unspecified atom stereocenters. The van der Waals surface area contributed by atoms with Crippen LogP contribution in [0.25, 0.3) is 0 Å². The lowest BCUT2D eigenvalue weighted by molar-refractivity contribution is 0.174. The van der Waals surface area contributed by atoms with E-state index in [0.717, 1.165) is 28.4 Å². The van der Waals surface area contributed by atoms with Gasteiger partial charge in [0, 0.05) is 16.8 Å². The fourth-order valence-electron chi connectivity index (χ4n) is 3.46. The molecule has 0 radical (unpaired) electrons. The first-order chi connectivity index (χ1) is 15.1. The van der Waals surface area contributed by atoms with E-state index in [2.05, 4.69) is 10.6 Å². The Bertz CT molecular complexity index is 1040. The number of carbonyl (C=O) groups is 1. The third-order valence-electron chi connectivity index (χ3n) is 5.00. The summed E-state index contributed by atoms with van der Waals surface area (Å²) in [6, 6.07) is 20.3. The standard InChI is InChI=1S/C24H23ClN2O4/c1-29-21-9-2-16(3-10-21)12-20(13-17-4-11-22-23(14-17)31-15-30-22)27-24(28)26-19-7-5-18(25)6-8-19/h2-11,14,20H,12-13,15H2,1H3,(H2,26,27,28). The van der Waals surface area contributed by atoms with Gasteiger partial charge in [-0.2, -0.15) is 0 Å². The molecular weight excluding hydrogens is 416 g/mol. The van der Waals surface area contributed by atoms with Gasteiger partial charge in [-0.05, 0) is 72.5 Å². The van der Waals surface area contributed by atoms with Gasteiger partial charge in [-0.3, -0.25) is 0 Å². The Morgan fingerprint density at radius 1 is 0.968 bits per heavy atom. The molecule has 0 spiro atoms. The van der Waals surface area contributed by atoms with Gasteiger partial charge >= 0.3 is 6.03 Å². The van der Waals surface area contributed by atoms with Crippen molar-refractivity contribution in [3.05, 3.63) is 82.9 Å². The minimum absolute atomic E-state index is 0.138. The molecule has 1 atom stereocenters. The molecule has 4 rings (SSSR count). The zero-order valence-electron chi connectivity index (χ0n) is 17.1. The highest BCUT2D eigenvalue weighted by Crippen LogP contribution is 2.33. The summed E-state index contributed by atoms with van der Waals surface area (Å²) in [4.78, 5) is 12.7. The molecule has 1 aliphatic rings. The Morgan fingerprint density at radius 3 is 2.39 bits per heavy atom. The molecule has 2 amide bonds. The number of benzene rings is 3. The number of carbonyl (C=O) groups excluding carboxylic acids is 1. The van der Waals surface area contributed by atoms with Crippen molar-refractivity contribution in [3.63, 3.8) is 0 Å². The van der Waals surface area contributed by atoms with Gasteiger partial charge in [0.25, 0.3) is 0 Å². The summed E-state index contributed by atoms with van der Waals surface area (Å²) in [7, 11) is 1.64. The topological polar surface area (TPSA) is 68.8 Å². The van der Waals surface area contributed by atoms with Gasteiger partial charge in [0.05, 0.1) is 7.11 Å². The van der Waals surface area contributed by atoms with Crippen LogP contribution in [0.2, 0.25) is 5.02 Å². The van der Waals surface area contributed by atoms with Gasteiger partial charge in [0.15, 0.2) is 11.5 Å². The van der Waals surface area contributed by atoms with Crippen molar-refractivity contribution >= 4 is 23.3 Å². The monoisotopic (exact) mass is 438 g/mol. The molecule has 0 fully saturated rings. The third kappa shape index (κ3) is 5.61. The maximum atomic E-state index is 12.7. The molecule has 1 aliphatic heterocycles. The Hall–Kier alpha value is -3.38. The fourth-order valence-corrected chi connectivity index (χ4v) is 3.58. The van der Waals surface area contributed by atoms with E-state index in [9.17, 15) is 4.79 Å². The molecule has 0 aromatic heterocycles. The van der Waals surface area contributed by atoms with Crippen LogP contribution >= 0.6 is 11.6 Å². The number of amides is 2. The molecule has 0 saturated heterocycles. The Labute approximate surface area is 186 Å². The number of nitrogens with one attached hydrogen (secondary N) is 2. The summed E-state index contributed by atoms with van der Waals surface area (Å²) >= 11 is 5.92. The van der Waals surface area contributed by atoms with Crippen molar-refractivity contribution in [1.29, 1.82) is 0 Å². The fraction of sp³-hybridized carbons (Fsp3) is 0.208. The molecule has 3 aromatic carbocycles. The zero-order valence-corrected chi connectivity index (χ0v) is 17.8. The third-order valence-corrected chi connectivity index (χ3v) is 5.25. The summed E-state index contributed by atoms with van der Waals surface area (Å²) in [5.74, 6) is 2.26. The second kappa shape index (κ2) is 9.62. The van der Waals surface area contributed by atoms with Crippen LogP contribution in [0.3, 0.4) is 0 Å². The lowest BCUT2D eigenvalue weighted by Gasteiger charge is -2.20. The first-order valence-electron chi connectivity index (χ1n) is 9.93. The molecule has 7 heteroatoms. The van der Waals surface area contributed by atoms with E-state index in [0.29, 0.717) is 23.6 Å². The molecule has 6 nitrogen and oxygen atoms in total. The van der Waals surface area contributed by atoms with Crippen molar-refractivity contribution < 1.29 is 19.0 Å². The maximum absolute atomic E-state index is 12.7. The van der Waals surface area contributed by atoms with Crippen molar-refractivity contribution in [2.45, 2.75) is 18.9 Å². The van der Waals surface area contributed by atoms with E-state index in [4.69, 9.17) is 25.8 Å². The first-order valence-corrected chi connectivity index (χ1v) is 10.3. The van der Waals surface area contributed by atoms with Gasteiger partial charge in [-0.1, -0.05) is 29.8 Å². The van der Waals surface area contributed by atoms with Crippen molar-refractivity contribution in [2.75, 3.05) is 19.2 Å². The number of methoxy groups -OCH3 is 1. The molecule has 2 N–H and O–H groups in total. The van der Waals surface area contributed by atoms with E-state index >= 15 is 0 Å². The lowest BCUT2D eigenvalue weighted by Crippen LogP contribution is -2.40. The van der Waals surface area contributed by atoms with Gasteiger partial charge < -0.3 is 24.8 Å². The van der Waals surface area contributed by atoms with Gasteiger partial charge in [0.1, 0.15) is 5.75 Å². The van der Waals surface area contributed by atoms with Crippen LogP contribution in [-0.2, 0) is 12.8 Å². The average molecular weight is 439 g/mol. The van der Waals surface area contributed by atoms with Crippen LogP contribution in [0.15, 0.2) is 66.7 Å². The van der Waals surface area contributed by atoms with Gasteiger partial charge in [-0.25, -0.2) is 4.79 Å². The van der Waals surface area contributed by atoms with Gasteiger partial charge in [0.2, 0.25) is 6.79 Å². The summed E-state index contributed by atoms with van der Waals surface area (Å²) in [6.45, 7) is 0.232. The van der Waals surface area contributed by atoms with E-state index in [1.165, 1.54) is 0 Å². The Morgan fingerprint density at radius 2 is 1.65 bits per heavy atom. The number of halogens is 1. The first kappa shape index (κ1) is 20.9. The summed E-state index contributed by atoms with van der Waals surface area (Å²) < 4.78 is 16.1.